The molecule has 4 heteroatoms. The van der Waals surface area contributed by atoms with Crippen molar-refractivity contribution in [3.63, 3.8) is 0 Å². The predicted octanol–water partition coefficient (Wildman–Crippen LogP) is 3.26. The maximum Gasteiger partial charge on any atom is 0.0992 e. The van der Waals surface area contributed by atoms with Crippen LogP contribution >= 0.6 is 11.6 Å². The summed E-state index contributed by atoms with van der Waals surface area (Å²) in [6.45, 7) is 3.98. The third-order valence-electron chi connectivity index (χ3n) is 2.50. The van der Waals surface area contributed by atoms with Gasteiger partial charge in [0.2, 0.25) is 0 Å². The molecule has 2 nitrogen and oxygen atoms in total. The van der Waals surface area contributed by atoms with Gasteiger partial charge in [0.05, 0.1) is 17.4 Å². The minimum Gasteiger partial charge on any atom is -0.259 e. The van der Waals surface area contributed by atoms with Crippen LogP contribution in [0.25, 0.3) is 0 Å². The molecule has 2 atom stereocenters. The van der Waals surface area contributed by atoms with Gasteiger partial charge < -0.3 is 0 Å². The van der Waals surface area contributed by atoms with Crippen LogP contribution in [-0.4, -0.2) is 9.46 Å². The second kappa shape index (κ2) is 6.03. The molecule has 0 aliphatic carbocycles. The Kier molecular flexibility index (Phi) is 4.98. The fourth-order valence-corrected chi connectivity index (χ4v) is 2.76. The van der Waals surface area contributed by atoms with Gasteiger partial charge in [0.15, 0.2) is 0 Å². The van der Waals surface area contributed by atoms with Crippen LogP contribution in [0.2, 0.25) is 5.02 Å². The van der Waals surface area contributed by atoms with Crippen molar-refractivity contribution in [2.45, 2.75) is 31.3 Å². The summed E-state index contributed by atoms with van der Waals surface area (Å²) in [6, 6.07) is 7.12. The van der Waals surface area contributed by atoms with Crippen molar-refractivity contribution in [2.75, 3.05) is 0 Å². The van der Waals surface area contributed by atoms with Crippen molar-refractivity contribution in [3.8, 4) is 6.07 Å². The maximum absolute atomic E-state index is 11.8. The lowest BCUT2D eigenvalue weighted by Gasteiger charge is -2.09. The summed E-state index contributed by atoms with van der Waals surface area (Å²) in [7, 11) is -0.902. The molecule has 0 aliphatic heterocycles. The lowest BCUT2D eigenvalue weighted by atomic mass is 10.2. The van der Waals surface area contributed by atoms with Crippen molar-refractivity contribution in [2.24, 2.45) is 0 Å². The summed E-state index contributed by atoms with van der Waals surface area (Å²) in [5.41, 5.74) is 1.38. The second-order valence-electron chi connectivity index (χ2n) is 3.66. The summed E-state index contributed by atoms with van der Waals surface area (Å²) in [5, 5.41) is 9.39. The van der Waals surface area contributed by atoms with Gasteiger partial charge in [-0.05, 0) is 24.1 Å². The van der Waals surface area contributed by atoms with E-state index in [0.29, 0.717) is 16.3 Å². The van der Waals surface area contributed by atoms with E-state index in [1.807, 2.05) is 19.9 Å². The van der Waals surface area contributed by atoms with Crippen LogP contribution in [0.5, 0.6) is 0 Å². The number of hydrogen-bond acceptors (Lipinski definition) is 2. The Bertz CT molecular complexity index is 439. The lowest BCUT2D eigenvalue weighted by Crippen LogP contribution is -2.11. The Hall–Kier alpha value is -0.850. The molecule has 0 amide bonds. The third kappa shape index (κ3) is 3.33. The summed E-state index contributed by atoms with van der Waals surface area (Å²) < 4.78 is 11.8. The molecule has 0 saturated heterocycles. The molecule has 0 fully saturated rings. The van der Waals surface area contributed by atoms with Gasteiger partial charge in [-0.3, -0.25) is 4.21 Å². The third-order valence-corrected chi connectivity index (χ3v) is 4.68. The molecule has 0 radical (unpaired) electrons. The zero-order chi connectivity index (χ0) is 12.1. The van der Waals surface area contributed by atoms with Crippen molar-refractivity contribution < 1.29 is 4.21 Å². The van der Waals surface area contributed by atoms with E-state index in [1.54, 1.807) is 18.2 Å². The summed E-state index contributed by atoms with van der Waals surface area (Å²) in [6.07, 6.45) is 0.889. The highest BCUT2D eigenvalue weighted by Gasteiger charge is 2.11. The van der Waals surface area contributed by atoms with Crippen molar-refractivity contribution in [1.29, 1.82) is 5.26 Å². The summed E-state index contributed by atoms with van der Waals surface area (Å²) >= 11 is 6.01. The monoisotopic (exact) mass is 255 g/mol. The zero-order valence-corrected chi connectivity index (χ0v) is 10.9. The highest BCUT2D eigenvalue weighted by molar-refractivity contribution is 7.84. The Morgan fingerprint density at radius 1 is 1.56 bits per heavy atom. The van der Waals surface area contributed by atoms with Crippen molar-refractivity contribution in [3.05, 3.63) is 34.3 Å². The minimum absolute atomic E-state index is 0.173. The predicted molar refractivity (Wildman–Crippen MR) is 67.8 cm³/mol. The quantitative estimate of drug-likeness (QED) is 0.829. The zero-order valence-electron chi connectivity index (χ0n) is 9.37. The average molecular weight is 256 g/mol. The van der Waals surface area contributed by atoms with Crippen LogP contribution in [0.3, 0.4) is 0 Å². The molecule has 0 aromatic heterocycles. The number of nitriles is 1. The van der Waals surface area contributed by atoms with Crippen LogP contribution in [0.1, 0.15) is 31.4 Å². The molecule has 0 aliphatic rings. The molecule has 16 heavy (non-hydrogen) atoms. The topological polar surface area (TPSA) is 40.9 Å². The van der Waals surface area contributed by atoms with E-state index in [0.717, 1.165) is 12.0 Å². The van der Waals surface area contributed by atoms with Crippen molar-refractivity contribution in [1.82, 2.24) is 0 Å². The van der Waals surface area contributed by atoms with Gasteiger partial charge in [0.1, 0.15) is 0 Å². The van der Waals surface area contributed by atoms with Crippen LogP contribution in [0.4, 0.5) is 0 Å². The lowest BCUT2D eigenvalue weighted by molar-refractivity contribution is 0.669. The van der Waals surface area contributed by atoms with E-state index < -0.39 is 10.8 Å². The maximum atomic E-state index is 11.8. The SMILES string of the molecule is CCC(C)S(=O)Cc1ccc(C#N)cc1Cl. The Morgan fingerprint density at radius 2 is 2.25 bits per heavy atom. The van der Waals surface area contributed by atoms with Gasteiger partial charge in [0, 0.05) is 21.1 Å². The fraction of sp³-hybridized carbons (Fsp3) is 0.417. The first-order valence-corrected chi connectivity index (χ1v) is 6.90. The van der Waals surface area contributed by atoms with E-state index in [1.165, 1.54) is 0 Å². The van der Waals surface area contributed by atoms with Crippen LogP contribution in [0, 0.1) is 11.3 Å². The minimum atomic E-state index is -0.902. The fourth-order valence-electron chi connectivity index (χ4n) is 1.22. The number of hydrogen-bond donors (Lipinski definition) is 0. The standard InChI is InChI=1S/C12H14ClNOS/c1-3-9(2)16(15)8-11-5-4-10(7-14)6-12(11)13/h4-6,9H,3,8H2,1-2H3. The van der Waals surface area contributed by atoms with Crippen LogP contribution < -0.4 is 0 Å². The molecule has 1 aromatic carbocycles. The highest BCUT2D eigenvalue weighted by Crippen LogP contribution is 2.20. The molecule has 0 N–H and O–H groups in total. The normalized spacial score (nSPS) is 14.1. The molecular weight excluding hydrogens is 242 g/mol. The molecule has 0 saturated carbocycles. The average Bonchev–Trinajstić information content (AvgIpc) is 2.30. The number of nitrogens with zero attached hydrogens (tertiary/aromatic N) is 1. The van der Waals surface area contributed by atoms with E-state index in [-0.39, 0.29) is 5.25 Å². The van der Waals surface area contributed by atoms with Crippen molar-refractivity contribution >= 4 is 22.4 Å². The Morgan fingerprint density at radius 3 is 2.75 bits per heavy atom. The molecule has 86 valence electrons. The number of rotatable bonds is 4. The van der Waals surface area contributed by atoms with E-state index >= 15 is 0 Å². The van der Waals surface area contributed by atoms with Gasteiger partial charge in [-0.15, -0.1) is 0 Å². The molecule has 2 unspecified atom stereocenters. The largest absolute Gasteiger partial charge is 0.259 e. The molecule has 1 aromatic rings. The molecule has 0 bridgehead atoms. The molecule has 1 rings (SSSR count). The van der Waals surface area contributed by atoms with E-state index in [4.69, 9.17) is 16.9 Å². The molecular formula is C12H14ClNOS. The first-order chi connectivity index (χ1) is 7.58. The number of halogens is 1. The van der Waals surface area contributed by atoms with Crippen LogP contribution in [-0.2, 0) is 16.6 Å². The molecule has 0 heterocycles. The van der Waals surface area contributed by atoms with Gasteiger partial charge in [-0.1, -0.05) is 31.5 Å². The van der Waals surface area contributed by atoms with Gasteiger partial charge >= 0.3 is 0 Å². The summed E-state index contributed by atoms with van der Waals surface area (Å²) in [5.74, 6) is 0.458. The summed E-state index contributed by atoms with van der Waals surface area (Å²) in [4.78, 5) is 0. The number of benzene rings is 1. The Labute approximate surface area is 104 Å². The highest BCUT2D eigenvalue weighted by atomic mass is 35.5. The first kappa shape index (κ1) is 13.2. The van der Waals surface area contributed by atoms with Gasteiger partial charge in [0.25, 0.3) is 0 Å². The smallest absolute Gasteiger partial charge is 0.0992 e. The molecule has 0 spiro atoms. The van der Waals surface area contributed by atoms with Crippen LogP contribution in [0.15, 0.2) is 18.2 Å². The van der Waals surface area contributed by atoms with E-state index in [9.17, 15) is 4.21 Å². The second-order valence-corrected chi connectivity index (χ2v) is 5.92. The van der Waals surface area contributed by atoms with Gasteiger partial charge in [-0.2, -0.15) is 5.26 Å². The Balaban J connectivity index is 2.83. The van der Waals surface area contributed by atoms with E-state index in [2.05, 4.69) is 0 Å². The first-order valence-electron chi connectivity index (χ1n) is 5.14. The van der Waals surface area contributed by atoms with Gasteiger partial charge in [-0.25, -0.2) is 0 Å².